The van der Waals surface area contributed by atoms with E-state index in [1.807, 2.05) is 12.1 Å². The minimum Gasteiger partial charge on any atom is -0.323 e. The van der Waals surface area contributed by atoms with Crippen molar-refractivity contribution in [3.05, 3.63) is 35.4 Å². The number of likely N-dealkylation sites (tertiary alicyclic amines) is 1. The second-order valence-electron chi connectivity index (χ2n) is 6.18. The molecule has 3 rings (SSSR count). The van der Waals surface area contributed by atoms with Crippen LogP contribution in [0.5, 0.6) is 0 Å². The van der Waals surface area contributed by atoms with Gasteiger partial charge in [0, 0.05) is 12.1 Å². The van der Waals surface area contributed by atoms with Crippen LogP contribution in [0.2, 0.25) is 0 Å². The zero-order valence-corrected chi connectivity index (χ0v) is 11.9. The van der Waals surface area contributed by atoms with Crippen molar-refractivity contribution in [3.63, 3.8) is 0 Å². The summed E-state index contributed by atoms with van der Waals surface area (Å²) >= 11 is 0. The average molecular weight is 298 g/mol. The number of halogens is 3. The van der Waals surface area contributed by atoms with Crippen LogP contribution in [-0.4, -0.2) is 30.2 Å². The summed E-state index contributed by atoms with van der Waals surface area (Å²) in [4.78, 5) is 2.17. The van der Waals surface area contributed by atoms with Crippen LogP contribution < -0.4 is 5.73 Å². The molecule has 1 aliphatic carbocycles. The molecule has 1 aromatic carbocycles. The predicted octanol–water partition coefficient (Wildman–Crippen LogP) is 3.28. The number of benzene rings is 1. The van der Waals surface area contributed by atoms with Crippen molar-refractivity contribution in [3.8, 4) is 0 Å². The lowest BCUT2D eigenvalue weighted by Gasteiger charge is -2.43. The van der Waals surface area contributed by atoms with Gasteiger partial charge in [-0.15, -0.1) is 0 Å². The number of hydrogen-bond donors (Lipinski definition) is 1. The van der Waals surface area contributed by atoms with Crippen molar-refractivity contribution in [2.75, 3.05) is 13.1 Å². The Morgan fingerprint density at radius 3 is 2.38 bits per heavy atom. The monoisotopic (exact) mass is 298 g/mol. The minimum absolute atomic E-state index is 0.0858. The lowest BCUT2D eigenvalue weighted by molar-refractivity contribution is -0.186. The molecule has 1 fully saturated rings. The Morgan fingerprint density at radius 2 is 1.71 bits per heavy atom. The molecule has 2 nitrogen and oxygen atoms in total. The van der Waals surface area contributed by atoms with Crippen LogP contribution in [0.3, 0.4) is 0 Å². The number of aryl methyl sites for hydroxylation is 1. The van der Waals surface area contributed by atoms with Crippen LogP contribution in [0.15, 0.2) is 24.3 Å². The molecule has 21 heavy (non-hydrogen) atoms. The van der Waals surface area contributed by atoms with Crippen molar-refractivity contribution in [2.45, 2.75) is 43.9 Å². The zero-order chi connectivity index (χ0) is 15.0. The smallest absolute Gasteiger partial charge is 0.323 e. The first-order valence-electron chi connectivity index (χ1n) is 7.61. The summed E-state index contributed by atoms with van der Waals surface area (Å²) in [5.74, 6) is -1.14. The number of nitrogens with zero attached hydrogens (tertiary/aromatic N) is 1. The SMILES string of the molecule is NC1c2ccccc2CCC1N1CCC(C(F)(F)F)CC1. The van der Waals surface area contributed by atoms with Crippen LogP contribution in [-0.2, 0) is 6.42 Å². The summed E-state index contributed by atoms with van der Waals surface area (Å²) in [6.07, 6.45) is -1.74. The molecule has 1 heterocycles. The van der Waals surface area contributed by atoms with Gasteiger partial charge in [-0.1, -0.05) is 24.3 Å². The molecule has 2 atom stereocenters. The fourth-order valence-electron chi connectivity index (χ4n) is 3.75. The van der Waals surface area contributed by atoms with Gasteiger partial charge in [-0.25, -0.2) is 0 Å². The summed E-state index contributed by atoms with van der Waals surface area (Å²) in [6, 6.07) is 8.24. The molecule has 0 saturated carbocycles. The Bertz CT molecular complexity index is 493. The first kappa shape index (κ1) is 14.9. The van der Waals surface area contributed by atoms with E-state index < -0.39 is 12.1 Å². The van der Waals surface area contributed by atoms with Gasteiger partial charge in [0.05, 0.1) is 5.92 Å². The lowest BCUT2D eigenvalue weighted by Crippen LogP contribution is -2.50. The average Bonchev–Trinajstić information content (AvgIpc) is 2.47. The zero-order valence-electron chi connectivity index (χ0n) is 11.9. The second kappa shape index (κ2) is 5.61. The quantitative estimate of drug-likeness (QED) is 0.862. The van der Waals surface area contributed by atoms with E-state index >= 15 is 0 Å². The maximum Gasteiger partial charge on any atom is 0.391 e. The summed E-state index contributed by atoms with van der Waals surface area (Å²) in [5, 5.41) is 0. The number of piperidine rings is 1. The Kier molecular flexibility index (Phi) is 3.97. The first-order valence-corrected chi connectivity index (χ1v) is 7.61. The number of alkyl halides is 3. The van der Waals surface area contributed by atoms with Gasteiger partial charge in [0.2, 0.25) is 0 Å². The number of hydrogen-bond acceptors (Lipinski definition) is 2. The molecule has 2 unspecified atom stereocenters. The van der Waals surface area contributed by atoms with Crippen molar-refractivity contribution < 1.29 is 13.2 Å². The van der Waals surface area contributed by atoms with Gasteiger partial charge in [0.15, 0.2) is 0 Å². The van der Waals surface area contributed by atoms with E-state index in [4.69, 9.17) is 5.73 Å². The maximum atomic E-state index is 12.7. The molecule has 2 N–H and O–H groups in total. The molecule has 0 bridgehead atoms. The molecule has 116 valence electrons. The van der Waals surface area contributed by atoms with Gasteiger partial charge in [0.1, 0.15) is 0 Å². The number of fused-ring (bicyclic) bond motifs is 1. The molecule has 0 radical (unpaired) electrons. The highest BCUT2D eigenvalue weighted by Gasteiger charge is 2.43. The summed E-state index contributed by atoms with van der Waals surface area (Å²) in [7, 11) is 0. The van der Waals surface area contributed by atoms with Gasteiger partial charge in [-0.2, -0.15) is 13.2 Å². The van der Waals surface area contributed by atoms with Crippen LogP contribution in [0, 0.1) is 5.92 Å². The van der Waals surface area contributed by atoms with E-state index in [2.05, 4.69) is 17.0 Å². The third-order valence-electron chi connectivity index (χ3n) is 5.00. The van der Waals surface area contributed by atoms with Gasteiger partial charge in [-0.3, -0.25) is 4.90 Å². The molecular formula is C16H21F3N2. The number of nitrogens with two attached hydrogens (primary N) is 1. The van der Waals surface area contributed by atoms with Crippen molar-refractivity contribution in [2.24, 2.45) is 11.7 Å². The van der Waals surface area contributed by atoms with Crippen molar-refractivity contribution in [1.29, 1.82) is 0 Å². The Morgan fingerprint density at radius 1 is 1.05 bits per heavy atom. The molecule has 0 spiro atoms. The molecule has 2 aliphatic rings. The largest absolute Gasteiger partial charge is 0.391 e. The normalized spacial score (nSPS) is 28.4. The van der Waals surface area contributed by atoms with Crippen molar-refractivity contribution in [1.82, 2.24) is 4.90 Å². The van der Waals surface area contributed by atoms with Crippen LogP contribution in [0.4, 0.5) is 13.2 Å². The predicted molar refractivity (Wildman–Crippen MR) is 75.8 cm³/mol. The van der Waals surface area contributed by atoms with E-state index in [1.54, 1.807) is 0 Å². The van der Waals surface area contributed by atoms with Crippen LogP contribution >= 0.6 is 0 Å². The topological polar surface area (TPSA) is 29.3 Å². The number of rotatable bonds is 1. The van der Waals surface area contributed by atoms with Gasteiger partial charge < -0.3 is 5.73 Å². The molecule has 1 aromatic rings. The summed E-state index contributed by atoms with van der Waals surface area (Å²) < 4.78 is 38.2. The molecular weight excluding hydrogens is 277 g/mol. The molecule has 1 aliphatic heterocycles. The van der Waals surface area contributed by atoms with E-state index in [9.17, 15) is 13.2 Å². The Hall–Kier alpha value is -1.07. The standard InChI is InChI=1S/C16H21F3N2/c17-16(18,19)12-7-9-21(10-8-12)14-6-5-11-3-1-2-4-13(11)15(14)20/h1-4,12,14-15H,5-10,20H2. The molecule has 5 heteroatoms. The highest BCUT2D eigenvalue weighted by atomic mass is 19.4. The Labute approximate surface area is 123 Å². The molecule has 0 amide bonds. The van der Waals surface area contributed by atoms with E-state index in [0.717, 1.165) is 18.4 Å². The maximum absolute atomic E-state index is 12.7. The first-order chi connectivity index (χ1) is 9.97. The fraction of sp³-hybridized carbons (Fsp3) is 0.625. The highest BCUT2D eigenvalue weighted by Crippen LogP contribution is 2.37. The minimum atomic E-state index is -4.05. The molecule has 0 aromatic heterocycles. The Balaban J connectivity index is 1.67. The van der Waals surface area contributed by atoms with Crippen LogP contribution in [0.1, 0.15) is 36.4 Å². The molecule has 1 saturated heterocycles. The second-order valence-corrected chi connectivity index (χ2v) is 6.18. The van der Waals surface area contributed by atoms with Gasteiger partial charge in [0.25, 0.3) is 0 Å². The lowest BCUT2D eigenvalue weighted by atomic mass is 9.82. The van der Waals surface area contributed by atoms with E-state index in [-0.39, 0.29) is 24.9 Å². The van der Waals surface area contributed by atoms with Gasteiger partial charge in [-0.05, 0) is 49.9 Å². The van der Waals surface area contributed by atoms with Crippen molar-refractivity contribution >= 4 is 0 Å². The van der Waals surface area contributed by atoms with Gasteiger partial charge >= 0.3 is 6.18 Å². The third-order valence-corrected chi connectivity index (χ3v) is 5.00. The fourth-order valence-corrected chi connectivity index (χ4v) is 3.75. The summed E-state index contributed by atoms with van der Waals surface area (Å²) in [6.45, 7) is 1.01. The van der Waals surface area contributed by atoms with E-state index in [0.29, 0.717) is 13.1 Å². The van der Waals surface area contributed by atoms with E-state index in [1.165, 1.54) is 5.56 Å². The third kappa shape index (κ3) is 2.94. The van der Waals surface area contributed by atoms with Crippen LogP contribution in [0.25, 0.3) is 0 Å². The highest BCUT2D eigenvalue weighted by molar-refractivity contribution is 5.33. The summed E-state index contributed by atoms with van der Waals surface area (Å²) in [5.41, 5.74) is 8.82.